The Hall–Kier alpha value is -3.00. The molecule has 0 unspecified atom stereocenters. The summed E-state index contributed by atoms with van der Waals surface area (Å²) in [7, 11) is 3.45. The van der Waals surface area contributed by atoms with Crippen LogP contribution in [0.4, 0.5) is 5.69 Å². The van der Waals surface area contributed by atoms with Gasteiger partial charge in [-0.15, -0.1) is 10.2 Å². The molecule has 0 radical (unpaired) electrons. The van der Waals surface area contributed by atoms with Gasteiger partial charge < -0.3 is 19.4 Å². The van der Waals surface area contributed by atoms with Crippen molar-refractivity contribution in [2.24, 2.45) is 7.05 Å². The van der Waals surface area contributed by atoms with Crippen LogP contribution in [0.3, 0.4) is 0 Å². The summed E-state index contributed by atoms with van der Waals surface area (Å²) in [6, 6.07) is 13.3. The van der Waals surface area contributed by atoms with Crippen molar-refractivity contribution in [3.05, 3.63) is 59.4 Å². The predicted octanol–water partition coefficient (Wildman–Crippen LogP) is 3.75. The molecule has 1 N–H and O–H groups in total. The van der Waals surface area contributed by atoms with Gasteiger partial charge in [-0.25, -0.2) is 0 Å². The van der Waals surface area contributed by atoms with Gasteiger partial charge in [0.05, 0.1) is 12.9 Å². The number of aromatic nitrogens is 3. The van der Waals surface area contributed by atoms with E-state index in [0.29, 0.717) is 29.0 Å². The average molecular weight is 413 g/mol. The zero-order valence-electron chi connectivity index (χ0n) is 16.9. The molecule has 0 aliphatic carbocycles. The van der Waals surface area contributed by atoms with Crippen molar-refractivity contribution in [3.63, 3.8) is 0 Å². The minimum absolute atomic E-state index is 0.126. The van der Waals surface area contributed by atoms with Crippen LogP contribution in [-0.2, 0) is 18.4 Å². The second kappa shape index (κ2) is 9.47. The molecule has 29 heavy (non-hydrogen) atoms. The number of anilines is 1. The highest BCUT2D eigenvalue weighted by Crippen LogP contribution is 2.22. The van der Waals surface area contributed by atoms with Crippen LogP contribution in [-0.4, -0.2) is 33.5 Å². The van der Waals surface area contributed by atoms with Crippen molar-refractivity contribution in [3.8, 4) is 11.5 Å². The Morgan fingerprint density at radius 1 is 1.17 bits per heavy atom. The lowest BCUT2D eigenvalue weighted by Crippen LogP contribution is -2.14. The lowest BCUT2D eigenvalue weighted by atomic mass is 10.1. The molecule has 152 valence electrons. The molecule has 8 heteroatoms. The summed E-state index contributed by atoms with van der Waals surface area (Å²) in [6.45, 7) is 4.37. The minimum Gasteiger partial charge on any atom is -0.497 e. The van der Waals surface area contributed by atoms with Crippen molar-refractivity contribution >= 4 is 23.4 Å². The van der Waals surface area contributed by atoms with E-state index in [-0.39, 0.29) is 11.7 Å². The summed E-state index contributed by atoms with van der Waals surface area (Å²) < 4.78 is 12.9. The van der Waals surface area contributed by atoms with Crippen LogP contribution < -0.4 is 14.8 Å². The molecule has 2 aromatic carbocycles. The number of nitrogens with one attached hydrogen (secondary N) is 1. The summed E-state index contributed by atoms with van der Waals surface area (Å²) in [5.74, 6) is 2.31. The molecule has 0 spiro atoms. The summed E-state index contributed by atoms with van der Waals surface area (Å²) in [5.41, 5.74) is 2.96. The standard InChI is InChI=1S/C21H24N4O3S/c1-14-8-9-18(15(2)10-14)28-12-19-23-24-21(25(19)3)29-13-20(26)22-16-6-5-7-17(11-16)27-4/h5-11H,12-13H2,1-4H3,(H,22,26). The molecule has 7 nitrogen and oxygen atoms in total. The van der Waals surface area contributed by atoms with Gasteiger partial charge in [0.25, 0.3) is 0 Å². The third-order valence-electron chi connectivity index (χ3n) is 4.30. The van der Waals surface area contributed by atoms with E-state index >= 15 is 0 Å². The molecule has 0 saturated heterocycles. The maximum absolute atomic E-state index is 12.2. The third kappa shape index (κ3) is 5.51. The van der Waals surface area contributed by atoms with E-state index in [9.17, 15) is 4.79 Å². The normalized spacial score (nSPS) is 10.6. The molecule has 1 aromatic heterocycles. The molecule has 1 heterocycles. The molecule has 0 fully saturated rings. The first-order valence-electron chi connectivity index (χ1n) is 9.11. The Morgan fingerprint density at radius 2 is 2.00 bits per heavy atom. The largest absolute Gasteiger partial charge is 0.497 e. The Kier molecular flexibility index (Phi) is 6.77. The summed E-state index contributed by atoms with van der Waals surface area (Å²) in [6.07, 6.45) is 0. The van der Waals surface area contributed by atoms with Crippen LogP contribution >= 0.6 is 11.8 Å². The molecule has 3 rings (SSSR count). The van der Waals surface area contributed by atoms with Crippen LogP contribution in [0.25, 0.3) is 0 Å². The number of benzene rings is 2. The fourth-order valence-corrected chi connectivity index (χ4v) is 3.46. The Bertz CT molecular complexity index is 1000. The topological polar surface area (TPSA) is 78.3 Å². The van der Waals surface area contributed by atoms with Gasteiger partial charge in [0.1, 0.15) is 18.1 Å². The fourth-order valence-electron chi connectivity index (χ4n) is 2.73. The summed E-state index contributed by atoms with van der Waals surface area (Å²) in [5, 5.41) is 11.9. The van der Waals surface area contributed by atoms with Crippen LogP contribution in [0.5, 0.6) is 11.5 Å². The number of carbonyl (C=O) groups excluding carboxylic acids is 1. The Balaban J connectivity index is 1.54. The van der Waals surface area contributed by atoms with Gasteiger partial charge in [-0.2, -0.15) is 0 Å². The Morgan fingerprint density at radius 3 is 2.76 bits per heavy atom. The van der Waals surface area contributed by atoms with E-state index in [1.807, 2.05) is 55.8 Å². The number of methoxy groups -OCH3 is 1. The number of carbonyl (C=O) groups is 1. The number of aryl methyl sites for hydroxylation is 2. The molecule has 0 saturated carbocycles. The van der Waals surface area contributed by atoms with Gasteiger partial charge in [-0.3, -0.25) is 4.79 Å². The minimum atomic E-state index is -0.126. The number of ether oxygens (including phenoxy) is 2. The van der Waals surface area contributed by atoms with Crippen LogP contribution in [0.2, 0.25) is 0 Å². The van der Waals surface area contributed by atoms with Crippen molar-refractivity contribution in [2.75, 3.05) is 18.2 Å². The number of amides is 1. The maximum Gasteiger partial charge on any atom is 0.234 e. The molecule has 3 aromatic rings. The van der Waals surface area contributed by atoms with E-state index < -0.39 is 0 Å². The van der Waals surface area contributed by atoms with Gasteiger partial charge in [0, 0.05) is 18.8 Å². The average Bonchev–Trinajstić information content (AvgIpc) is 3.05. The van der Waals surface area contributed by atoms with Gasteiger partial charge in [0.2, 0.25) is 5.91 Å². The van der Waals surface area contributed by atoms with Crippen LogP contribution in [0, 0.1) is 13.8 Å². The Labute approximate surface area is 174 Å². The highest BCUT2D eigenvalue weighted by atomic mass is 32.2. The second-order valence-corrected chi connectivity index (χ2v) is 7.53. The van der Waals surface area contributed by atoms with E-state index in [1.54, 1.807) is 13.2 Å². The molecule has 1 amide bonds. The molecule has 0 atom stereocenters. The van der Waals surface area contributed by atoms with Gasteiger partial charge in [0.15, 0.2) is 11.0 Å². The monoisotopic (exact) mass is 412 g/mol. The van der Waals surface area contributed by atoms with Gasteiger partial charge in [-0.05, 0) is 37.6 Å². The van der Waals surface area contributed by atoms with Gasteiger partial charge >= 0.3 is 0 Å². The maximum atomic E-state index is 12.2. The van der Waals surface area contributed by atoms with E-state index in [4.69, 9.17) is 9.47 Å². The quantitative estimate of drug-likeness (QED) is 0.568. The summed E-state index contributed by atoms with van der Waals surface area (Å²) >= 11 is 1.32. The fraction of sp³-hybridized carbons (Fsp3) is 0.286. The first-order chi connectivity index (χ1) is 14.0. The van der Waals surface area contributed by atoms with Crippen LogP contribution in [0.1, 0.15) is 17.0 Å². The molecular formula is C21H24N4O3S. The molecule has 0 bridgehead atoms. The third-order valence-corrected chi connectivity index (χ3v) is 5.32. The zero-order chi connectivity index (χ0) is 20.8. The number of thioether (sulfide) groups is 1. The van der Waals surface area contributed by atoms with Gasteiger partial charge in [-0.1, -0.05) is 35.5 Å². The van der Waals surface area contributed by atoms with Crippen molar-refractivity contribution in [1.29, 1.82) is 0 Å². The summed E-state index contributed by atoms with van der Waals surface area (Å²) in [4.78, 5) is 12.2. The number of hydrogen-bond donors (Lipinski definition) is 1. The lowest BCUT2D eigenvalue weighted by Gasteiger charge is -2.10. The first kappa shape index (κ1) is 20.7. The van der Waals surface area contributed by atoms with Crippen LogP contribution in [0.15, 0.2) is 47.6 Å². The van der Waals surface area contributed by atoms with E-state index in [1.165, 1.54) is 17.3 Å². The molecule has 0 aliphatic heterocycles. The SMILES string of the molecule is COc1cccc(NC(=O)CSc2nnc(COc3ccc(C)cc3C)n2C)c1. The first-order valence-corrected chi connectivity index (χ1v) is 10.1. The smallest absolute Gasteiger partial charge is 0.234 e. The molecular weight excluding hydrogens is 388 g/mol. The highest BCUT2D eigenvalue weighted by Gasteiger charge is 2.13. The van der Waals surface area contributed by atoms with E-state index in [2.05, 4.69) is 21.6 Å². The zero-order valence-corrected chi connectivity index (χ0v) is 17.7. The number of nitrogens with zero attached hydrogens (tertiary/aromatic N) is 3. The molecule has 0 aliphatic rings. The van der Waals surface area contributed by atoms with E-state index in [0.717, 1.165) is 11.3 Å². The number of hydrogen-bond acceptors (Lipinski definition) is 6. The lowest BCUT2D eigenvalue weighted by molar-refractivity contribution is -0.113. The van der Waals surface area contributed by atoms with Crippen molar-refractivity contribution < 1.29 is 14.3 Å². The second-order valence-electron chi connectivity index (χ2n) is 6.58. The number of rotatable bonds is 8. The predicted molar refractivity (Wildman–Crippen MR) is 114 cm³/mol. The van der Waals surface area contributed by atoms with Crippen molar-refractivity contribution in [1.82, 2.24) is 14.8 Å². The van der Waals surface area contributed by atoms with Crippen molar-refractivity contribution in [2.45, 2.75) is 25.6 Å². The highest BCUT2D eigenvalue weighted by molar-refractivity contribution is 7.99.